The lowest BCUT2D eigenvalue weighted by Gasteiger charge is -2.27. The van der Waals surface area contributed by atoms with Crippen molar-refractivity contribution >= 4 is 11.3 Å². The van der Waals surface area contributed by atoms with Crippen molar-refractivity contribution in [3.63, 3.8) is 0 Å². The first kappa shape index (κ1) is 21.3. The maximum absolute atomic E-state index is 15.2. The van der Waals surface area contributed by atoms with Crippen LogP contribution in [-0.2, 0) is 9.47 Å². The number of hydrogen-bond acceptors (Lipinski definition) is 7. The third-order valence-corrected chi connectivity index (χ3v) is 5.75. The quantitative estimate of drug-likeness (QED) is 0.471. The third kappa shape index (κ3) is 4.24. The molecule has 0 unspecified atom stereocenters. The van der Waals surface area contributed by atoms with Gasteiger partial charge in [-0.05, 0) is 37.1 Å². The molecule has 0 aliphatic carbocycles. The Hall–Kier alpha value is -3.56. The molecule has 0 bridgehead atoms. The van der Waals surface area contributed by atoms with E-state index < -0.39 is 5.82 Å². The van der Waals surface area contributed by atoms with Gasteiger partial charge in [0.05, 0.1) is 19.3 Å². The zero-order valence-electron chi connectivity index (χ0n) is 18.1. The largest absolute Gasteiger partial charge is 0.457 e. The fraction of sp³-hybridized carbons (Fsp3) is 0.292. The van der Waals surface area contributed by atoms with E-state index in [1.165, 1.54) is 12.4 Å². The highest BCUT2D eigenvalue weighted by Gasteiger charge is 2.29. The van der Waals surface area contributed by atoms with Gasteiger partial charge in [0.1, 0.15) is 40.7 Å². The van der Waals surface area contributed by atoms with Crippen LogP contribution in [-0.4, -0.2) is 46.0 Å². The van der Waals surface area contributed by atoms with Gasteiger partial charge in [0.2, 0.25) is 0 Å². The van der Waals surface area contributed by atoms with E-state index in [1.54, 1.807) is 23.8 Å². The number of fused-ring (bicyclic) bond motifs is 1. The second-order valence-corrected chi connectivity index (χ2v) is 7.97. The maximum atomic E-state index is 15.2. The zero-order chi connectivity index (χ0) is 22.8. The van der Waals surface area contributed by atoms with Gasteiger partial charge in [0.15, 0.2) is 5.82 Å². The third-order valence-electron chi connectivity index (χ3n) is 5.75. The minimum absolute atomic E-state index is 0.00240. The van der Waals surface area contributed by atoms with E-state index in [1.807, 2.05) is 30.3 Å². The monoisotopic (exact) mass is 449 g/mol. The first-order valence-corrected chi connectivity index (χ1v) is 10.8. The molecule has 4 aromatic rings. The molecule has 8 nitrogen and oxygen atoms in total. The van der Waals surface area contributed by atoms with Crippen LogP contribution < -0.4 is 10.5 Å². The number of nitrogens with zero attached hydrogens (tertiary/aromatic N) is 4. The van der Waals surface area contributed by atoms with Crippen molar-refractivity contribution in [2.75, 3.05) is 26.1 Å². The average Bonchev–Trinajstić information content (AvgIpc) is 3.21. The number of nitrogens with two attached hydrogens (primary N) is 1. The second-order valence-electron chi connectivity index (χ2n) is 7.97. The minimum atomic E-state index is -0.474. The first-order chi connectivity index (χ1) is 16.1. The Kier molecular flexibility index (Phi) is 5.89. The summed E-state index contributed by atoms with van der Waals surface area (Å²) in [6.07, 6.45) is 3.12. The number of nitrogen functional groups attached to an aromatic ring is 1. The summed E-state index contributed by atoms with van der Waals surface area (Å²) in [5.74, 6) is 1.45. The summed E-state index contributed by atoms with van der Waals surface area (Å²) >= 11 is 0. The molecule has 9 heteroatoms. The van der Waals surface area contributed by atoms with Crippen LogP contribution in [0.4, 0.5) is 10.2 Å². The van der Waals surface area contributed by atoms with Gasteiger partial charge < -0.3 is 19.9 Å². The number of benzene rings is 2. The topological polar surface area (TPSA) is 96.8 Å². The van der Waals surface area contributed by atoms with E-state index in [2.05, 4.69) is 10.1 Å². The summed E-state index contributed by atoms with van der Waals surface area (Å²) in [5, 5.41) is 4.36. The van der Waals surface area contributed by atoms with Crippen LogP contribution >= 0.6 is 0 Å². The van der Waals surface area contributed by atoms with Gasteiger partial charge in [0, 0.05) is 24.7 Å². The molecule has 0 radical (unpaired) electrons. The van der Waals surface area contributed by atoms with Crippen LogP contribution in [0.2, 0.25) is 0 Å². The number of halogens is 1. The molecule has 0 amide bonds. The van der Waals surface area contributed by atoms with Gasteiger partial charge in [-0.25, -0.2) is 18.9 Å². The molecule has 1 aliphatic heterocycles. The molecule has 1 aliphatic rings. The Balaban J connectivity index is 1.50. The van der Waals surface area contributed by atoms with E-state index in [0.717, 1.165) is 12.8 Å². The molecule has 2 atom stereocenters. The van der Waals surface area contributed by atoms with Crippen LogP contribution in [0.15, 0.2) is 54.9 Å². The number of hydrogen-bond donors (Lipinski definition) is 1. The smallest absolute Gasteiger partial charge is 0.153 e. The number of anilines is 1. The highest BCUT2D eigenvalue weighted by Crippen LogP contribution is 2.36. The maximum Gasteiger partial charge on any atom is 0.153 e. The lowest BCUT2D eigenvalue weighted by atomic mass is 9.98. The van der Waals surface area contributed by atoms with E-state index in [9.17, 15) is 0 Å². The van der Waals surface area contributed by atoms with Gasteiger partial charge in [-0.15, -0.1) is 0 Å². The zero-order valence-corrected chi connectivity index (χ0v) is 18.1. The van der Waals surface area contributed by atoms with Crippen LogP contribution in [0.25, 0.3) is 16.8 Å². The summed E-state index contributed by atoms with van der Waals surface area (Å²) in [5.41, 5.74) is 7.34. The van der Waals surface area contributed by atoms with Gasteiger partial charge in [-0.3, -0.25) is 0 Å². The molecule has 2 aromatic carbocycles. The van der Waals surface area contributed by atoms with Crippen LogP contribution in [0.3, 0.4) is 0 Å². The van der Waals surface area contributed by atoms with Crippen LogP contribution in [0.5, 0.6) is 11.5 Å². The summed E-state index contributed by atoms with van der Waals surface area (Å²) < 4.78 is 33.8. The molecular weight excluding hydrogens is 425 g/mol. The lowest BCUT2D eigenvalue weighted by molar-refractivity contribution is -0.0389. The highest BCUT2D eigenvalue weighted by atomic mass is 19.1. The Morgan fingerprint density at radius 2 is 2.00 bits per heavy atom. The van der Waals surface area contributed by atoms with Gasteiger partial charge in [0.25, 0.3) is 0 Å². The number of para-hydroxylation sites is 1. The van der Waals surface area contributed by atoms with Crippen LogP contribution in [0.1, 0.15) is 24.6 Å². The second kappa shape index (κ2) is 9.13. The summed E-state index contributed by atoms with van der Waals surface area (Å²) in [6.45, 7) is 1.03. The number of aromatic nitrogens is 4. The summed E-state index contributed by atoms with van der Waals surface area (Å²) in [4.78, 5) is 8.88. The van der Waals surface area contributed by atoms with Gasteiger partial charge in [-0.1, -0.05) is 18.2 Å². The normalized spacial score (nSPS) is 18.5. The molecule has 2 aromatic heterocycles. The fourth-order valence-electron chi connectivity index (χ4n) is 4.13. The Morgan fingerprint density at radius 1 is 1.15 bits per heavy atom. The van der Waals surface area contributed by atoms with Gasteiger partial charge >= 0.3 is 0 Å². The van der Waals surface area contributed by atoms with Crippen molar-refractivity contribution in [2.24, 2.45) is 0 Å². The fourth-order valence-corrected chi connectivity index (χ4v) is 4.13. The Morgan fingerprint density at radius 3 is 2.73 bits per heavy atom. The molecular formula is C24H24FN5O3. The Labute approximate surface area is 190 Å². The highest BCUT2D eigenvalue weighted by molar-refractivity contribution is 5.85. The predicted molar refractivity (Wildman–Crippen MR) is 121 cm³/mol. The van der Waals surface area contributed by atoms with E-state index >= 15 is 4.39 Å². The van der Waals surface area contributed by atoms with Gasteiger partial charge in [-0.2, -0.15) is 5.10 Å². The molecule has 1 saturated heterocycles. The molecule has 5 rings (SSSR count). The molecule has 1 fully saturated rings. The van der Waals surface area contributed by atoms with E-state index in [0.29, 0.717) is 47.3 Å². The molecule has 33 heavy (non-hydrogen) atoms. The molecule has 0 saturated carbocycles. The van der Waals surface area contributed by atoms with Crippen molar-refractivity contribution in [2.45, 2.75) is 24.9 Å². The van der Waals surface area contributed by atoms with Crippen molar-refractivity contribution in [3.05, 3.63) is 66.5 Å². The first-order valence-electron chi connectivity index (χ1n) is 10.8. The number of ether oxygens (including phenoxy) is 3. The van der Waals surface area contributed by atoms with Crippen LogP contribution in [0, 0.1) is 5.82 Å². The number of methoxy groups -OCH3 is 1. The molecule has 3 heterocycles. The molecule has 2 N–H and O–H groups in total. The standard InChI is InChI=1S/C24H24FN5O3/c1-31-13-18-8-7-15(12-32-18)24-29-21(22-23(26)27-14-28-30(22)24)19-10-9-17(11-20(19)25)33-16-5-3-2-4-6-16/h2-6,9-11,14-15,18H,7-8,12-13H2,1H3,(H2,26,27,28)/t15-,18-/m1/s1. The van der Waals surface area contributed by atoms with Crippen molar-refractivity contribution < 1.29 is 18.6 Å². The van der Waals surface area contributed by atoms with Crippen molar-refractivity contribution in [1.82, 2.24) is 19.6 Å². The minimum Gasteiger partial charge on any atom is -0.457 e. The van der Waals surface area contributed by atoms with E-state index in [4.69, 9.17) is 24.9 Å². The number of imidazole rings is 1. The summed E-state index contributed by atoms with van der Waals surface area (Å²) in [6, 6.07) is 13.9. The van der Waals surface area contributed by atoms with E-state index in [-0.39, 0.29) is 17.8 Å². The lowest BCUT2D eigenvalue weighted by Crippen LogP contribution is -2.29. The predicted octanol–water partition coefficient (Wildman–Crippen LogP) is 4.21. The SMILES string of the molecule is COC[C@H]1CC[C@@H](c2nc(-c3ccc(Oc4ccccc4)cc3F)c3c(N)ncnn23)CO1. The summed E-state index contributed by atoms with van der Waals surface area (Å²) in [7, 11) is 1.66. The number of rotatable bonds is 6. The molecule has 0 spiro atoms. The Bertz CT molecular complexity index is 1260. The van der Waals surface area contributed by atoms with Crippen molar-refractivity contribution in [1.29, 1.82) is 0 Å². The van der Waals surface area contributed by atoms with Crippen molar-refractivity contribution in [3.8, 4) is 22.8 Å². The molecule has 170 valence electrons. The average molecular weight is 449 g/mol.